The van der Waals surface area contributed by atoms with Gasteiger partial charge >= 0.3 is 0 Å². The summed E-state index contributed by atoms with van der Waals surface area (Å²) in [6.45, 7) is 25.6. The van der Waals surface area contributed by atoms with Gasteiger partial charge in [0.1, 0.15) is 5.00 Å². The molecule has 0 fully saturated rings. The lowest BCUT2D eigenvalue weighted by atomic mass is 9.79. The van der Waals surface area contributed by atoms with Gasteiger partial charge in [-0.2, -0.15) is 0 Å². The second-order valence-electron chi connectivity index (χ2n) is 12.1. The Kier molecular flexibility index (Phi) is 12.9. The predicted molar refractivity (Wildman–Crippen MR) is 204 cm³/mol. The van der Waals surface area contributed by atoms with Crippen molar-refractivity contribution in [2.75, 3.05) is 10.7 Å². The van der Waals surface area contributed by atoms with Crippen molar-refractivity contribution >= 4 is 40.8 Å². The Morgan fingerprint density at radius 2 is 1.85 bits per heavy atom. The van der Waals surface area contributed by atoms with E-state index in [1.807, 2.05) is 45.1 Å². The second kappa shape index (κ2) is 16.6. The molecule has 0 N–H and O–H groups in total. The molecule has 6 heteroatoms. The van der Waals surface area contributed by atoms with Crippen molar-refractivity contribution in [1.29, 1.82) is 0 Å². The molecule has 3 heterocycles. The summed E-state index contributed by atoms with van der Waals surface area (Å²) in [7, 11) is 0. The van der Waals surface area contributed by atoms with Crippen molar-refractivity contribution in [2.45, 2.75) is 105 Å². The first kappa shape index (κ1) is 35.8. The molecule has 0 amide bonds. The Labute approximate surface area is 287 Å². The normalized spacial score (nSPS) is 17.4. The van der Waals surface area contributed by atoms with Crippen molar-refractivity contribution in [1.82, 2.24) is 14.8 Å². The lowest BCUT2D eigenvalue weighted by molar-refractivity contribution is 0.345. The van der Waals surface area contributed by atoms with Crippen molar-refractivity contribution in [3.05, 3.63) is 99.6 Å². The van der Waals surface area contributed by atoms with Crippen LogP contribution in [0.15, 0.2) is 72.1 Å². The summed E-state index contributed by atoms with van der Waals surface area (Å²) in [5, 5.41) is 11.4. The molecule has 1 aromatic carbocycles. The van der Waals surface area contributed by atoms with Gasteiger partial charge in [0.05, 0.1) is 5.70 Å². The number of thiophene rings is 1. The van der Waals surface area contributed by atoms with Crippen molar-refractivity contribution in [3.63, 3.8) is 0 Å². The molecule has 0 saturated carbocycles. The number of fused-ring (bicyclic) bond motifs is 6. The van der Waals surface area contributed by atoms with E-state index in [1.165, 1.54) is 74.6 Å². The molecular formula is C40H54N4S2. The van der Waals surface area contributed by atoms with Gasteiger partial charge in [-0.15, -0.1) is 28.1 Å². The van der Waals surface area contributed by atoms with Gasteiger partial charge in [-0.25, -0.2) is 4.57 Å². The quantitative estimate of drug-likeness (QED) is 0.202. The van der Waals surface area contributed by atoms with Gasteiger partial charge in [0, 0.05) is 21.9 Å². The third-order valence-electron chi connectivity index (χ3n) is 8.96. The van der Waals surface area contributed by atoms with Crippen LogP contribution in [-0.2, 0) is 19.3 Å². The lowest BCUT2D eigenvalue weighted by Crippen LogP contribution is -2.29. The molecule has 0 bridgehead atoms. The number of hydrogen-bond acceptors (Lipinski definition) is 5. The number of nitrogens with zero attached hydrogens (tertiary/aromatic N) is 4. The Bertz CT molecular complexity index is 1610. The van der Waals surface area contributed by atoms with E-state index < -0.39 is 0 Å². The molecule has 3 aliphatic carbocycles. The average molecular weight is 655 g/mol. The van der Waals surface area contributed by atoms with Crippen LogP contribution >= 0.6 is 23.1 Å². The number of aromatic nitrogens is 3. The zero-order chi connectivity index (χ0) is 33.4. The first-order valence-electron chi connectivity index (χ1n) is 17.3. The van der Waals surface area contributed by atoms with Crippen LogP contribution in [0.1, 0.15) is 107 Å². The maximum Gasteiger partial charge on any atom is 0.242 e. The Balaban J connectivity index is 0.000000267. The van der Waals surface area contributed by atoms with E-state index in [0.717, 1.165) is 47.7 Å². The number of benzene rings is 1. The van der Waals surface area contributed by atoms with Gasteiger partial charge in [0.25, 0.3) is 0 Å². The number of hydrogen-bond donors (Lipinski definition) is 0. The number of aryl methyl sites for hydroxylation is 3. The molecule has 0 radical (unpaired) electrons. The van der Waals surface area contributed by atoms with Crippen molar-refractivity contribution in [3.8, 4) is 5.00 Å². The molecule has 1 atom stereocenters. The molecule has 2 aromatic heterocycles. The molecule has 3 aromatic rings. The van der Waals surface area contributed by atoms with Crippen LogP contribution in [0, 0.1) is 18.8 Å². The molecular weight excluding hydrogens is 601 g/mol. The molecule has 0 saturated heterocycles. The summed E-state index contributed by atoms with van der Waals surface area (Å²) >= 11 is 3.62. The van der Waals surface area contributed by atoms with Crippen molar-refractivity contribution < 1.29 is 0 Å². The largest absolute Gasteiger partial charge is 0.283 e. The molecule has 4 nitrogen and oxygen atoms in total. The predicted octanol–water partition coefficient (Wildman–Crippen LogP) is 11.8. The topological polar surface area (TPSA) is 34.0 Å². The van der Waals surface area contributed by atoms with E-state index in [9.17, 15) is 0 Å². The standard InChI is InChI=1S/C25H30N4S2.C11H12.2C2H6/c1-6-12-30-25-27-26-24-28(19-9-7-8-16(4)13-19)17(5)22-20-14-18(15(2)3)10-11-21(20)31-23(22)29(24)25;1-9-5-4-7-10-6-2-3-8-11(9)10;2*1-2/h6,8,13,15,18H,1,5,7,9-12,14H2,2-4H3;3-5,7-8H,2,6H2,1H3;2*1-2H3. The van der Waals surface area contributed by atoms with Crippen LogP contribution in [0.5, 0.6) is 0 Å². The van der Waals surface area contributed by atoms with Crippen LogP contribution < -0.4 is 4.90 Å². The third-order valence-corrected chi connectivity index (χ3v) is 11.2. The highest BCUT2D eigenvalue weighted by Crippen LogP contribution is 2.50. The molecule has 0 spiro atoms. The fourth-order valence-corrected chi connectivity index (χ4v) is 8.71. The number of thioether (sulfide) groups is 1. The molecule has 4 aliphatic rings. The van der Waals surface area contributed by atoms with E-state index in [4.69, 9.17) is 0 Å². The van der Waals surface area contributed by atoms with Gasteiger partial charge in [0.15, 0.2) is 5.16 Å². The highest BCUT2D eigenvalue weighted by Gasteiger charge is 2.38. The van der Waals surface area contributed by atoms with E-state index in [-0.39, 0.29) is 0 Å². The van der Waals surface area contributed by atoms with E-state index in [1.54, 1.807) is 11.8 Å². The molecule has 246 valence electrons. The summed E-state index contributed by atoms with van der Waals surface area (Å²) < 4.78 is 2.28. The number of allylic oxidation sites excluding steroid dienone is 5. The van der Waals surface area contributed by atoms with Gasteiger partial charge in [0.2, 0.25) is 5.95 Å². The van der Waals surface area contributed by atoms with Gasteiger partial charge in [-0.05, 0) is 99.0 Å². The third kappa shape index (κ3) is 7.39. The second-order valence-corrected chi connectivity index (χ2v) is 14.2. The smallest absolute Gasteiger partial charge is 0.242 e. The molecule has 1 unspecified atom stereocenters. The first-order chi connectivity index (χ1) is 22.4. The Morgan fingerprint density at radius 3 is 2.54 bits per heavy atom. The summed E-state index contributed by atoms with van der Waals surface area (Å²) in [5.41, 5.74) is 10.8. The maximum absolute atomic E-state index is 4.66. The van der Waals surface area contributed by atoms with E-state index in [2.05, 4.69) is 103 Å². The highest BCUT2D eigenvalue weighted by molar-refractivity contribution is 7.99. The number of anilines is 1. The van der Waals surface area contributed by atoms with Crippen LogP contribution in [0.2, 0.25) is 0 Å². The fourth-order valence-electron chi connectivity index (χ4n) is 6.62. The van der Waals surface area contributed by atoms with Crippen LogP contribution in [0.25, 0.3) is 16.8 Å². The lowest BCUT2D eigenvalue weighted by Gasteiger charge is -2.34. The van der Waals surface area contributed by atoms with Crippen molar-refractivity contribution in [2.24, 2.45) is 11.8 Å². The number of rotatable bonds is 5. The summed E-state index contributed by atoms with van der Waals surface area (Å²) in [6.07, 6.45) is 19.1. The monoisotopic (exact) mass is 654 g/mol. The SMILES string of the molecule is C=CCSc1nnc2n1-c1sc3c(c1C(=C)N2C1=CC(C)=CCC1)CC(C(C)C)CC3.CC.CC.Cc1cccc2c1C=CCC2. The van der Waals surface area contributed by atoms with E-state index in [0.29, 0.717) is 5.92 Å². The minimum atomic E-state index is 0.703. The summed E-state index contributed by atoms with van der Waals surface area (Å²) in [5.74, 6) is 3.14. The van der Waals surface area contributed by atoms with Crippen LogP contribution in [0.3, 0.4) is 0 Å². The van der Waals surface area contributed by atoms with Gasteiger partial charge in [-0.3, -0.25) is 4.90 Å². The van der Waals surface area contributed by atoms with Gasteiger partial charge < -0.3 is 0 Å². The molecule has 7 rings (SSSR count). The Hall–Kier alpha value is -3.09. The van der Waals surface area contributed by atoms with Crippen LogP contribution in [-0.4, -0.2) is 20.5 Å². The summed E-state index contributed by atoms with van der Waals surface area (Å²) in [4.78, 5) is 3.80. The Morgan fingerprint density at radius 1 is 1.07 bits per heavy atom. The minimum Gasteiger partial charge on any atom is -0.283 e. The zero-order valence-electron chi connectivity index (χ0n) is 29.4. The zero-order valence-corrected chi connectivity index (χ0v) is 31.1. The molecule has 1 aliphatic heterocycles. The first-order valence-corrected chi connectivity index (χ1v) is 19.1. The summed E-state index contributed by atoms with van der Waals surface area (Å²) in [6, 6.07) is 6.55. The van der Waals surface area contributed by atoms with E-state index >= 15 is 0 Å². The molecule has 46 heavy (non-hydrogen) atoms. The van der Waals surface area contributed by atoms with Gasteiger partial charge in [-0.1, -0.05) is 108 Å². The highest BCUT2D eigenvalue weighted by atomic mass is 32.2. The fraction of sp³-hybridized carbons (Fsp3) is 0.450. The minimum absolute atomic E-state index is 0.703. The van der Waals surface area contributed by atoms with Crippen LogP contribution in [0.4, 0.5) is 5.95 Å². The average Bonchev–Trinajstić information content (AvgIpc) is 3.68. The maximum atomic E-state index is 4.66.